The average Bonchev–Trinajstić information content (AvgIpc) is 3.34. The van der Waals surface area contributed by atoms with E-state index in [4.69, 9.17) is 9.47 Å². The van der Waals surface area contributed by atoms with Gasteiger partial charge in [-0.2, -0.15) is 4.98 Å². The van der Waals surface area contributed by atoms with E-state index in [1.807, 2.05) is 6.07 Å². The molecule has 2 aliphatic rings. The first kappa shape index (κ1) is 30.9. The molecular weight excluding hydrogens is 529 g/mol. The molecule has 0 bridgehead atoms. The minimum atomic E-state index is -0.672. The van der Waals surface area contributed by atoms with Crippen LogP contribution in [0.3, 0.4) is 0 Å². The van der Waals surface area contributed by atoms with Crippen LogP contribution in [0.5, 0.6) is 0 Å². The Morgan fingerprint density at radius 3 is 2.10 bits per heavy atom. The zero-order valence-electron chi connectivity index (χ0n) is 26.3. The van der Waals surface area contributed by atoms with Crippen molar-refractivity contribution in [2.24, 2.45) is 0 Å². The molecule has 8 nitrogen and oxygen atoms in total. The highest BCUT2D eigenvalue weighted by Gasteiger charge is 2.61. The van der Waals surface area contributed by atoms with Gasteiger partial charge in [0.2, 0.25) is 5.95 Å². The molecule has 42 heavy (non-hydrogen) atoms. The number of rotatable bonds is 6. The number of nitrogens with zero attached hydrogens (tertiary/aromatic N) is 5. The summed E-state index contributed by atoms with van der Waals surface area (Å²) >= 11 is 0. The van der Waals surface area contributed by atoms with Gasteiger partial charge in [0, 0.05) is 24.0 Å². The summed E-state index contributed by atoms with van der Waals surface area (Å²) in [7, 11) is 18.5. The highest BCUT2D eigenvalue weighted by atomic mass is 19.1. The molecule has 0 amide bonds. The van der Waals surface area contributed by atoms with E-state index in [1.54, 1.807) is 0 Å². The Labute approximate surface area is 254 Å². The zero-order valence-corrected chi connectivity index (χ0v) is 26.3. The zero-order chi connectivity index (χ0) is 30.7. The number of aromatic nitrogens is 3. The molecule has 5 rings (SSSR count). The Bertz CT molecular complexity index is 1420. The first-order valence-electron chi connectivity index (χ1n) is 14.6. The SMILES string of the molecule is BC1(B)N(CC2COCCO2)C(B)(B)C(B)(B)N(c2cc(C)cc(Nc3ncn(-c4cc(F)cc(F)c4)n3)c2)C1(B)B. The highest BCUT2D eigenvalue weighted by molar-refractivity contribution is 6.62. The Morgan fingerprint density at radius 1 is 0.857 bits per heavy atom. The van der Waals surface area contributed by atoms with Gasteiger partial charge in [0.05, 0.1) is 31.6 Å². The van der Waals surface area contributed by atoms with E-state index < -0.39 is 11.6 Å². The lowest BCUT2D eigenvalue weighted by molar-refractivity contribution is -0.106. The van der Waals surface area contributed by atoms with E-state index in [1.165, 1.54) is 23.1 Å². The average molecular weight is 565 g/mol. The Morgan fingerprint density at radius 2 is 1.50 bits per heavy atom. The number of hydrogen-bond donors (Lipinski definition) is 1. The van der Waals surface area contributed by atoms with Crippen molar-refractivity contribution in [1.82, 2.24) is 19.7 Å². The van der Waals surface area contributed by atoms with Gasteiger partial charge in [-0.15, -0.1) is 5.10 Å². The molecular formula is C24H36B8F2N6O2. The predicted octanol–water partition coefficient (Wildman–Crippen LogP) is -5.19. The molecule has 3 aromatic rings. The maximum absolute atomic E-state index is 13.8. The van der Waals surface area contributed by atoms with E-state index in [0.717, 1.165) is 29.5 Å². The van der Waals surface area contributed by atoms with Gasteiger partial charge < -0.3 is 24.6 Å². The molecule has 212 valence electrons. The van der Waals surface area contributed by atoms with E-state index in [2.05, 4.69) is 107 Å². The third kappa shape index (κ3) is 5.35. The molecule has 3 heterocycles. The summed E-state index contributed by atoms with van der Waals surface area (Å²) in [6.07, 6.45) is 1.46. The van der Waals surface area contributed by atoms with Crippen molar-refractivity contribution >= 4 is 80.1 Å². The molecule has 1 unspecified atom stereocenters. The predicted molar refractivity (Wildman–Crippen MR) is 185 cm³/mol. The Hall–Kier alpha value is -2.56. The van der Waals surface area contributed by atoms with Crippen LogP contribution in [-0.4, -0.2) is 136 Å². The molecule has 2 saturated heterocycles. The number of ether oxygens (including phenoxy) is 2. The van der Waals surface area contributed by atoms with E-state index in [9.17, 15) is 8.78 Å². The summed E-state index contributed by atoms with van der Waals surface area (Å²) in [6.45, 7) is 4.74. The maximum Gasteiger partial charge on any atom is 0.246 e. The van der Waals surface area contributed by atoms with Crippen LogP contribution < -0.4 is 10.2 Å². The van der Waals surface area contributed by atoms with Gasteiger partial charge in [0.1, 0.15) is 80.7 Å². The lowest BCUT2D eigenvalue weighted by atomic mass is 9.26. The second-order valence-electron chi connectivity index (χ2n) is 13.6. The second kappa shape index (κ2) is 10.9. The monoisotopic (exact) mass is 566 g/mol. The lowest BCUT2D eigenvalue weighted by Crippen LogP contribution is -2.92. The van der Waals surface area contributed by atoms with Gasteiger partial charge >= 0.3 is 0 Å². The quantitative estimate of drug-likeness (QED) is 0.300. The molecule has 0 radical (unpaired) electrons. The molecule has 18 heteroatoms. The van der Waals surface area contributed by atoms with Crippen LogP contribution in [0.1, 0.15) is 5.56 Å². The van der Waals surface area contributed by atoms with Crippen molar-refractivity contribution in [3.63, 3.8) is 0 Å². The van der Waals surface area contributed by atoms with Crippen LogP contribution in [0.4, 0.5) is 26.1 Å². The maximum atomic E-state index is 13.8. The number of nitrogens with one attached hydrogen (secondary N) is 1. The van der Waals surface area contributed by atoms with Gasteiger partial charge in [0.25, 0.3) is 0 Å². The van der Waals surface area contributed by atoms with Crippen molar-refractivity contribution in [2.75, 3.05) is 36.6 Å². The topological polar surface area (TPSA) is 67.7 Å². The second-order valence-corrected chi connectivity index (χ2v) is 13.6. The summed E-state index contributed by atoms with van der Waals surface area (Å²) in [5, 5.41) is 6.64. The van der Waals surface area contributed by atoms with Gasteiger partial charge in [-0.1, -0.05) is 0 Å². The van der Waals surface area contributed by atoms with Gasteiger partial charge in [0.15, 0.2) is 0 Å². The molecule has 2 fully saturated rings. The normalized spacial score (nSPS) is 22.9. The van der Waals surface area contributed by atoms with Crippen LogP contribution in [-0.2, 0) is 9.47 Å². The number of anilines is 3. The van der Waals surface area contributed by atoms with Crippen LogP contribution >= 0.6 is 0 Å². The fraction of sp³-hybridized carbons (Fsp3) is 0.417. The van der Waals surface area contributed by atoms with Crippen molar-refractivity contribution in [3.05, 3.63) is 59.9 Å². The molecule has 1 atom stereocenters. The van der Waals surface area contributed by atoms with E-state index in [-0.39, 0.29) is 33.1 Å². The van der Waals surface area contributed by atoms with E-state index >= 15 is 0 Å². The van der Waals surface area contributed by atoms with Crippen LogP contribution in [0, 0.1) is 18.6 Å². The fourth-order valence-electron chi connectivity index (χ4n) is 6.76. The third-order valence-corrected chi connectivity index (χ3v) is 9.91. The summed E-state index contributed by atoms with van der Waals surface area (Å²) in [6, 6.07) is 9.64. The van der Waals surface area contributed by atoms with Crippen molar-refractivity contribution in [1.29, 1.82) is 0 Å². The number of aryl methyl sites for hydroxylation is 1. The number of hydrogen-bond acceptors (Lipinski definition) is 7. The molecule has 2 aliphatic heterocycles. The van der Waals surface area contributed by atoms with Crippen molar-refractivity contribution < 1.29 is 18.3 Å². The molecule has 1 N–H and O–H groups in total. The fourth-order valence-corrected chi connectivity index (χ4v) is 6.76. The molecule has 1 aromatic heterocycles. The van der Waals surface area contributed by atoms with Gasteiger partial charge in [-0.25, -0.2) is 13.5 Å². The summed E-state index contributed by atoms with van der Waals surface area (Å²) in [4.78, 5) is 9.50. The molecule has 0 aliphatic carbocycles. The Balaban J connectivity index is 1.48. The minimum absolute atomic E-state index is 0.0291. The molecule has 2 aromatic carbocycles. The van der Waals surface area contributed by atoms with Gasteiger partial charge in [-0.05, 0) is 64.2 Å². The first-order chi connectivity index (χ1) is 19.5. The lowest BCUT2D eigenvalue weighted by Gasteiger charge is -2.75. The first-order valence-corrected chi connectivity index (χ1v) is 14.6. The van der Waals surface area contributed by atoms with Gasteiger partial charge in [-0.3, -0.25) is 0 Å². The summed E-state index contributed by atoms with van der Waals surface area (Å²) < 4.78 is 40.8. The van der Waals surface area contributed by atoms with Crippen LogP contribution in [0.15, 0.2) is 42.7 Å². The number of halogens is 2. The van der Waals surface area contributed by atoms with Crippen molar-refractivity contribution in [2.45, 2.75) is 34.4 Å². The van der Waals surface area contributed by atoms with E-state index in [0.29, 0.717) is 25.8 Å². The number of benzene rings is 2. The largest absolute Gasteiger partial charge is 0.391 e. The Kier molecular flexibility index (Phi) is 7.98. The molecule has 0 saturated carbocycles. The van der Waals surface area contributed by atoms with Crippen molar-refractivity contribution in [3.8, 4) is 5.69 Å². The summed E-state index contributed by atoms with van der Waals surface area (Å²) in [5.41, 5.74) is 3.25. The summed E-state index contributed by atoms with van der Waals surface area (Å²) in [5.74, 6) is -1.02. The number of piperazine rings is 1. The van der Waals surface area contributed by atoms with Crippen LogP contribution in [0.2, 0.25) is 0 Å². The smallest absolute Gasteiger partial charge is 0.246 e. The highest BCUT2D eigenvalue weighted by Crippen LogP contribution is 2.46. The minimum Gasteiger partial charge on any atom is -0.391 e. The molecule has 0 spiro atoms. The third-order valence-electron chi connectivity index (χ3n) is 9.91. The standard InChI is InChI=1S/C24H36B8F2N6O2/c1-13-4-16(36-20-35-12-38(37-20)17-7-14(33)6-15(34)8-17)9-18(5-13)40-23(29,30)21(25,26)39(22(27,28)24(40,31)32)10-19-11-41-2-3-42-19/h4-9,12,19H,2-3,10-11,25-32H2,1H3,(H,36,37). The van der Waals surface area contributed by atoms with Crippen LogP contribution in [0.25, 0.3) is 5.69 Å².